The van der Waals surface area contributed by atoms with Crippen molar-refractivity contribution in [2.75, 3.05) is 26.2 Å². The van der Waals surface area contributed by atoms with Crippen LogP contribution in [0, 0.1) is 11.8 Å². The Bertz CT molecular complexity index is 279. The third-order valence-electron chi connectivity index (χ3n) is 5.53. The number of nitrogens with one attached hydrogen (secondary N) is 1. The second-order valence-corrected chi connectivity index (χ2v) is 7.47. The van der Waals surface area contributed by atoms with Gasteiger partial charge in [-0.25, -0.2) is 0 Å². The minimum absolute atomic E-state index is 0.0840. The van der Waals surface area contributed by atoms with Crippen molar-refractivity contribution >= 4 is 0 Å². The van der Waals surface area contributed by atoms with Crippen LogP contribution in [0.4, 0.5) is 0 Å². The van der Waals surface area contributed by atoms with Gasteiger partial charge in [0.2, 0.25) is 0 Å². The summed E-state index contributed by atoms with van der Waals surface area (Å²) in [6, 6.07) is 0.848. The maximum absolute atomic E-state index is 10.3. The van der Waals surface area contributed by atoms with E-state index in [4.69, 9.17) is 0 Å². The second-order valence-electron chi connectivity index (χ2n) is 7.47. The summed E-state index contributed by atoms with van der Waals surface area (Å²) in [5, 5.41) is 13.9. The Hall–Kier alpha value is -0.120. The van der Waals surface area contributed by atoms with Crippen molar-refractivity contribution in [3.8, 4) is 0 Å². The van der Waals surface area contributed by atoms with Gasteiger partial charge in [-0.05, 0) is 63.6 Å². The van der Waals surface area contributed by atoms with Gasteiger partial charge in [-0.1, -0.05) is 25.7 Å². The molecule has 3 fully saturated rings. The van der Waals surface area contributed by atoms with E-state index >= 15 is 0 Å². The standard InChI is InChI=1S/C17H32N2O/c20-17(11-14-3-1-2-4-14)13-19-9-7-15(8-10-19)12-18-16-5-6-16/h14-18,20H,1-13H2. The minimum atomic E-state index is -0.0840. The smallest absolute Gasteiger partial charge is 0.0669 e. The van der Waals surface area contributed by atoms with Gasteiger partial charge in [-0.2, -0.15) is 0 Å². The summed E-state index contributed by atoms with van der Waals surface area (Å²) in [5.74, 6) is 1.68. The highest BCUT2D eigenvalue weighted by molar-refractivity contribution is 4.83. The molecule has 1 saturated heterocycles. The van der Waals surface area contributed by atoms with E-state index in [2.05, 4.69) is 10.2 Å². The highest BCUT2D eigenvalue weighted by Crippen LogP contribution is 2.29. The zero-order valence-electron chi connectivity index (χ0n) is 12.9. The molecule has 1 aliphatic heterocycles. The van der Waals surface area contributed by atoms with Gasteiger partial charge in [0.05, 0.1) is 6.10 Å². The van der Waals surface area contributed by atoms with Crippen LogP contribution in [-0.4, -0.2) is 48.3 Å². The molecule has 116 valence electrons. The third kappa shape index (κ3) is 4.71. The molecule has 0 aromatic carbocycles. The van der Waals surface area contributed by atoms with Crippen molar-refractivity contribution in [2.24, 2.45) is 11.8 Å². The first-order valence-corrected chi connectivity index (χ1v) is 8.93. The van der Waals surface area contributed by atoms with Crippen molar-refractivity contribution in [3.63, 3.8) is 0 Å². The molecular weight excluding hydrogens is 248 g/mol. The van der Waals surface area contributed by atoms with Crippen molar-refractivity contribution < 1.29 is 5.11 Å². The van der Waals surface area contributed by atoms with Gasteiger partial charge in [-0.3, -0.25) is 0 Å². The molecule has 0 amide bonds. The summed E-state index contributed by atoms with van der Waals surface area (Å²) in [7, 11) is 0. The van der Waals surface area contributed by atoms with Crippen LogP contribution in [0.15, 0.2) is 0 Å². The van der Waals surface area contributed by atoms with Crippen molar-refractivity contribution in [2.45, 2.75) is 69.9 Å². The van der Waals surface area contributed by atoms with Crippen molar-refractivity contribution in [3.05, 3.63) is 0 Å². The summed E-state index contributed by atoms with van der Waals surface area (Å²) in [6.45, 7) is 4.53. The maximum atomic E-state index is 10.3. The number of β-amino-alcohol motifs (C(OH)–C–C–N with tert-alkyl or cyclic N) is 1. The summed E-state index contributed by atoms with van der Waals surface area (Å²) in [6.07, 6.45) is 11.9. The van der Waals surface area contributed by atoms with Crippen LogP contribution in [0.3, 0.4) is 0 Å². The molecule has 3 aliphatic rings. The first-order chi connectivity index (χ1) is 9.79. The monoisotopic (exact) mass is 280 g/mol. The molecule has 20 heavy (non-hydrogen) atoms. The Labute approximate surface area is 124 Å². The van der Waals surface area contributed by atoms with Crippen molar-refractivity contribution in [1.29, 1.82) is 0 Å². The molecule has 2 aliphatic carbocycles. The summed E-state index contributed by atoms with van der Waals surface area (Å²) >= 11 is 0. The SMILES string of the molecule is OC(CC1CCCC1)CN1CCC(CNC2CC2)CC1. The van der Waals surface area contributed by atoms with Gasteiger partial charge in [0.25, 0.3) is 0 Å². The second kappa shape index (κ2) is 7.24. The fourth-order valence-electron chi connectivity index (χ4n) is 4.00. The normalized spacial score (nSPS) is 28.1. The first-order valence-electron chi connectivity index (χ1n) is 8.93. The zero-order valence-corrected chi connectivity index (χ0v) is 12.9. The predicted octanol–water partition coefficient (Wildman–Crippen LogP) is 2.39. The summed E-state index contributed by atoms with van der Waals surface area (Å²) < 4.78 is 0. The molecule has 1 heterocycles. The van der Waals surface area contributed by atoms with E-state index in [9.17, 15) is 5.11 Å². The molecule has 0 spiro atoms. The molecule has 3 nitrogen and oxygen atoms in total. The van der Waals surface area contributed by atoms with E-state index in [1.54, 1.807) is 0 Å². The van der Waals surface area contributed by atoms with Gasteiger partial charge >= 0.3 is 0 Å². The zero-order chi connectivity index (χ0) is 13.8. The van der Waals surface area contributed by atoms with Crippen LogP contribution in [0.1, 0.15) is 57.8 Å². The number of aliphatic hydroxyl groups is 1. The number of hydrogen-bond donors (Lipinski definition) is 2. The van der Waals surface area contributed by atoms with Crippen LogP contribution >= 0.6 is 0 Å². The third-order valence-corrected chi connectivity index (χ3v) is 5.53. The molecule has 0 aromatic heterocycles. The van der Waals surface area contributed by atoms with Crippen LogP contribution in [-0.2, 0) is 0 Å². The first kappa shape index (κ1) is 14.8. The Balaban J connectivity index is 1.28. The van der Waals surface area contributed by atoms with E-state index < -0.39 is 0 Å². The Morgan fingerprint density at radius 2 is 1.65 bits per heavy atom. The van der Waals surface area contributed by atoms with Crippen LogP contribution in [0.2, 0.25) is 0 Å². The molecule has 0 radical (unpaired) electrons. The van der Waals surface area contributed by atoms with Gasteiger partial charge in [0.1, 0.15) is 0 Å². The topological polar surface area (TPSA) is 35.5 Å². The van der Waals surface area contributed by atoms with Crippen LogP contribution in [0.25, 0.3) is 0 Å². The predicted molar refractivity (Wildman–Crippen MR) is 82.8 cm³/mol. The fourth-order valence-corrected chi connectivity index (χ4v) is 4.00. The Morgan fingerprint density at radius 1 is 0.950 bits per heavy atom. The fraction of sp³-hybridized carbons (Fsp3) is 1.00. The van der Waals surface area contributed by atoms with Crippen molar-refractivity contribution in [1.82, 2.24) is 10.2 Å². The molecular formula is C17H32N2O. The molecule has 0 bridgehead atoms. The van der Waals surface area contributed by atoms with Crippen LogP contribution < -0.4 is 5.32 Å². The Morgan fingerprint density at radius 3 is 2.30 bits per heavy atom. The van der Waals surface area contributed by atoms with Crippen LogP contribution in [0.5, 0.6) is 0 Å². The summed E-state index contributed by atoms with van der Waals surface area (Å²) in [4.78, 5) is 2.49. The average Bonchev–Trinajstić information content (AvgIpc) is 3.14. The molecule has 0 aromatic rings. The lowest BCUT2D eigenvalue weighted by Crippen LogP contribution is -2.41. The van der Waals surface area contributed by atoms with Gasteiger partial charge in [-0.15, -0.1) is 0 Å². The molecule has 2 N–H and O–H groups in total. The maximum Gasteiger partial charge on any atom is 0.0669 e. The quantitative estimate of drug-likeness (QED) is 0.751. The van der Waals surface area contributed by atoms with E-state index in [-0.39, 0.29) is 6.10 Å². The number of aliphatic hydroxyl groups excluding tert-OH is 1. The minimum Gasteiger partial charge on any atom is -0.392 e. The van der Waals surface area contributed by atoms with E-state index in [1.165, 1.54) is 71.0 Å². The lowest BCUT2D eigenvalue weighted by Gasteiger charge is -2.33. The number of likely N-dealkylation sites (tertiary alicyclic amines) is 1. The molecule has 1 unspecified atom stereocenters. The van der Waals surface area contributed by atoms with Gasteiger partial charge in [0.15, 0.2) is 0 Å². The molecule has 1 atom stereocenters. The van der Waals surface area contributed by atoms with E-state index in [0.717, 1.165) is 30.8 Å². The highest BCUT2D eigenvalue weighted by atomic mass is 16.3. The molecule has 3 rings (SSSR count). The number of nitrogens with zero attached hydrogens (tertiary/aromatic N) is 1. The molecule has 2 saturated carbocycles. The largest absolute Gasteiger partial charge is 0.392 e. The highest BCUT2D eigenvalue weighted by Gasteiger charge is 2.26. The lowest BCUT2D eigenvalue weighted by molar-refractivity contribution is 0.0730. The van der Waals surface area contributed by atoms with E-state index in [0.29, 0.717) is 0 Å². The number of rotatable bonds is 7. The Kier molecular flexibility index (Phi) is 5.36. The average molecular weight is 280 g/mol. The lowest BCUT2D eigenvalue weighted by atomic mass is 9.95. The number of hydrogen-bond acceptors (Lipinski definition) is 3. The van der Waals surface area contributed by atoms with E-state index in [1.807, 2.05) is 0 Å². The number of piperidine rings is 1. The molecule has 3 heteroatoms. The van der Waals surface area contributed by atoms with Gasteiger partial charge < -0.3 is 15.3 Å². The van der Waals surface area contributed by atoms with Gasteiger partial charge in [0, 0.05) is 12.6 Å². The summed E-state index contributed by atoms with van der Waals surface area (Å²) in [5.41, 5.74) is 0.